The van der Waals surface area contributed by atoms with Crippen molar-refractivity contribution in [3.8, 4) is 0 Å². The summed E-state index contributed by atoms with van der Waals surface area (Å²) in [4.78, 5) is 0. The Morgan fingerprint density at radius 1 is 1.20 bits per heavy atom. The highest BCUT2D eigenvalue weighted by Gasteiger charge is 2.27. The van der Waals surface area contributed by atoms with Crippen LogP contribution in [0.5, 0.6) is 0 Å². The summed E-state index contributed by atoms with van der Waals surface area (Å²) >= 11 is 0. The van der Waals surface area contributed by atoms with Crippen molar-refractivity contribution in [1.29, 1.82) is 0 Å². The van der Waals surface area contributed by atoms with Gasteiger partial charge in [-0.1, -0.05) is 0 Å². The summed E-state index contributed by atoms with van der Waals surface area (Å²) in [7, 11) is 0. The van der Waals surface area contributed by atoms with Gasteiger partial charge in [0.2, 0.25) is 0 Å². The van der Waals surface area contributed by atoms with Crippen molar-refractivity contribution >= 4 is 0 Å². The van der Waals surface area contributed by atoms with Crippen molar-refractivity contribution in [2.45, 2.75) is 12.8 Å². The van der Waals surface area contributed by atoms with Gasteiger partial charge in [0, 0.05) is 13.1 Å². The molecule has 0 aromatic carbocycles. The summed E-state index contributed by atoms with van der Waals surface area (Å²) in [6, 6.07) is 0. The van der Waals surface area contributed by atoms with Gasteiger partial charge in [-0.2, -0.15) is 0 Å². The van der Waals surface area contributed by atoms with Crippen molar-refractivity contribution in [2.75, 3.05) is 26.2 Å². The molecule has 1 radical (unpaired) electrons. The minimum atomic E-state index is 0.926. The largest absolute Gasteiger partial charge is 0.316 e. The maximum Gasteiger partial charge on any atom is 0.0165 e. The molecule has 0 bridgehead atoms. The molecule has 2 fully saturated rings. The van der Waals surface area contributed by atoms with Crippen LogP contribution in [0, 0.1) is 11.8 Å². The summed E-state index contributed by atoms with van der Waals surface area (Å²) in [6.07, 6.45) is 2.74. The van der Waals surface area contributed by atoms with Gasteiger partial charge in [-0.3, -0.25) is 0 Å². The first-order valence-corrected chi connectivity index (χ1v) is 4.31. The van der Waals surface area contributed by atoms with Crippen molar-refractivity contribution < 1.29 is 0 Å². The van der Waals surface area contributed by atoms with E-state index < -0.39 is 0 Å². The molecule has 2 aliphatic rings. The predicted octanol–water partition coefficient (Wildman–Crippen LogP) is 0.220. The molecule has 2 atom stereocenters. The van der Waals surface area contributed by atoms with Crippen LogP contribution in [-0.4, -0.2) is 26.2 Å². The first-order valence-electron chi connectivity index (χ1n) is 4.31. The predicted molar refractivity (Wildman–Crippen MR) is 41.0 cm³/mol. The molecule has 0 saturated carbocycles. The molecule has 0 aromatic heterocycles. The van der Waals surface area contributed by atoms with Gasteiger partial charge in [0.25, 0.3) is 0 Å². The molecule has 57 valence electrons. The normalized spacial score (nSPS) is 40.8. The Balaban J connectivity index is 1.85. The zero-order valence-electron chi connectivity index (χ0n) is 6.34. The van der Waals surface area contributed by atoms with Crippen LogP contribution in [0.15, 0.2) is 0 Å². The highest BCUT2D eigenvalue weighted by Crippen LogP contribution is 2.24. The summed E-state index contributed by atoms with van der Waals surface area (Å²) in [6.45, 7) is 4.76. The maximum absolute atomic E-state index is 4.38. The van der Waals surface area contributed by atoms with E-state index in [0.717, 1.165) is 24.9 Å². The average Bonchev–Trinajstić information content (AvgIpc) is 2.59. The van der Waals surface area contributed by atoms with E-state index in [1.807, 2.05) is 0 Å². The molecular weight excluding hydrogens is 124 g/mol. The lowest BCUT2D eigenvalue weighted by atomic mass is 9.91. The molecule has 2 aliphatic heterocycles. The number of nitrogens with one attached hydrogen (secondary N) is 1. The maximum atomic E-state index is 4.38. The standard InChI is InChI=1S/C8H15N2/c1-3-9-5-7(1)8-2-4-10-6-8/h7-9H,1-6H2. The quantitative estimate of drug-likeness (QED) is 0.552. The average molecular weight is 139 g/mol. The molecule has 2 saturated heterocycles. The molecule has 10 heavy (non-hydrogen) atoms. The van der Waals surface area contributed by atoms with Crippen LogP contribution < -0.4 is 10.6 Å². The van der Waals surface area contributed by atoms with Gasteiger partial charge in [0.05, 0.1) is 0 Å². The molecule has 2 rings (SSSR count). The second-order valence-electron chi connectivity index (χ2n) is 3.43. The topological polar surface area (TPSA) is 26.1 Å². The molecule has 2 heterocycles. The minimum Gasteiger partial charge on any atom is -0.316 e. The van der Waals surface area contributed by atoms with Gasteiger partial charge < -0.3 is 5.32 Å². The monoisotopic (exact) mass is 139 g/mol. The zero-order valence-corrected chi connectivity index (χ0v) is 6.34. The van der Waals surface area contributed by atoms with Crippen LogP contribution in [0.4, 0.5) is 0 Å². The SMILES string of the molecule is C1CC(C2CCNC2)C[N]1. The lowest BCUT2D eigenvalue weighted by molar-refractivity contribution is 0.386. The third-order valence-corrected chi connectivity index (χ3v) is 2.79. The Labute approximate surface area is 62.4 Å². The van der Waals surface area contributed by atoms with Crippen molar-refractivity contribution in [1.82, 2.24) is 10.6 Å². The van der Waals surface area contributed by atoms with Crippen molar-refractivity contribution in [3.63, 3.8) is 0 Å². The van der Waals surface area contributed by atoms with Gasteiger partial charge in [0.1, 0.15) is 0 Å². The molecule has 1 N–H and O–H groups in total. The van der Waals surface area contributed by atoms with Crippen LogP contribution in [0.2, 0.25) is 0 Å². The fourth-order valence-electron chi connectivity index (χ4n) is 2.07. The van der Waals surface area contributed by atoms with E-state index in [0.29, 0.717) is 0 Å². The van der Waals surface area contributed by atoms with Gasteiger partial charge in [0.15, 0.2) is 0 Å². The first kappa shape index (κ1) is 6.62. The fraction of sp³-hybridized carbons (Fsp3) is 1.00. The Bertz CT molecular complexity index is 87.8. The molecule has 0 amide bonds. The van der Waals surface area contributed by atoms with Crippen molar-refractivity contribution in [3.05, 3.63) is 0 Å². The Morgan fingerprint density at radius 2 is 2.20 bits per heavy atom. The van der Waals surface area contributed by atoms with E-state index in [4.69, 9.17) is 0 Å². The third kappa shape index (κ3) is 1.18. The molecule has 0 spiro atoms. The minimum absolute atomic E-state index is 0.926. The van der Waals surface area contributed by atoms with E-state index >= 15 is 0 Å². The highest BCUT2D eigenvalue weighted by molar-refractivity contribution is 4.83. The number of hydrogen-bond acceptors (Lipinski definition) is 1. The first-order chi connectivity index (χ1) is 4.97. The van der Waals surface area contributed by atoms with Crippen LogP contribution in [0.25, 0.3) is 0 Å². The molecular formula is C8H15N2. The fourth-order valence-corrected chi connectivity index (χ4v) is 2.07. The van der Waals surface area contributed by atoms with Crippen molar-refractivity contribution in [2.24, 2.45) is 11.8 Å². The lowest BCUT2D eigenvalue weighted by Crippen LogP contribution is -2.18. The van der Waals surface area contributed by atoms with Crippen LogP contribution >= 0.6 is 0 Å². The second kappa shape index (κ2) is 2.89. The summed E-state index contributed by atoms with van der Waals surface area (Å²) in [5.74, 6) is 1.88. The molecule has 2 heteroatoms. The smallest absolute Gasteiger partial charge is 0.0165 e. The van der Waals surface area contributed by atoms with E-state index in [2.05, 4.69) is 10.6 Å². The molecule has 0 aliphatic carbocycles. The summed E-state index contributed by atoms with van der Waals surface area (Å²) in [5.41, 5.74) is 0. The highest BCUT2D eigenvalue weighted by atomic mass is 14.9. The Hall–Kier alpha value is -0.0800. The molecule has 2 unspecified atom stereocenters. The number of nitrogens with zero attached hydrogens (tertiary/aromatic N) is 1. The van der Waals surface area contributed by atoms with E-state index in [1.54, 1.807) is 0 Å². The lowest BCUT2D eigenvalue weighted by Gasteiger charge is -2.14. The number of hydrogen-bond donors (Lipinski definition) is 1. The van der Waals surface area contributed by atoms with Gasteiger partial charge in [-0.15, -0.1) is 0 Å². The summed E-state index contributed by atoms with van der Waals surface area (Å²) < 4.78 is 0. The van der Waals surface area contributed by atoms with Gasteiger partial charge >= 0.3 is 0 Å². The zero-order chi connectivity index (χ0) is 6.81. The van der Waals surface area contributed by atoms with Crippen LogP contribution in [0.1, 0.15) is 12.8 Å². The molecule has 0 aromatic rings. The van der Waals surface area contributed by atoms with Crippen LogP contribution in [0.3, 0.4) is 0 Å². The van der Waals surface area contributed by atoms with Gasteiger partial charge in [-0.05, 0) is 37.8 Å². The van der Waals surface area contributed by atoms with Crippen LogP contribution in [-0.2, 0) is 0 Å². The van der Waals surface area contributed by atoms with Gasteiger partial charge in [-0.25, -0.2) is 5.32 Å². The number of rotatable bonds is 1. The van der Waals surface area contributed by atoms with E-state index in [-0.39, 0.29) is 0 Å². The second-order valence-corrected chi connectivity index (χ2v) is 3.43. The molecule has 2 nitrogen and oxygen atoms in total. The Kier molecular flexibility index (Phi) is 1.91. The Morgan fingerprint density at radius 3 is 2.80 bits per heavy atom. The van der Waals surface area contributed by atoms with E-state index in [9.17, 15) is 0 Å². The third-order valence-electron chi connectivity index (χ3n) is 2.79. The summed E-state index contributed by atoms with van der Waals surface area (Å²) in [5, 5.41) is 7.79. The van der Waals surface area contributed by atoms with E-state index in [1.165, 1.54) is 25.9 Å².